The van der Waals surface area contributed by atoms with Gasteiger partial charge in [0.1, 0.15) is 0 Å². The molecule has 0 aromatic carbocycles. The first-order valence-corrected chi connectivity index (χ1v) is 6.15. The number of carbonyl (C=O) groups is 2. The number of imide groups is 1. The molecule has 1 fully saturated rings. The van der Waals surface area contributed by atoms with Crippen molar-refractivity contribution >= 4 is 11.8 Å². The van der Waals surface area contributed by atoms with E-state index in [2.05, 4.69) is 15.6 Å². The Bertz CT molecular complexity index is 436. The largest absolute Gasteiger partial charge is 0.316 e. The smallest absolute Gasteiger partial charge is 0.259 e. The lowest BCUT2D eigenvalue weighted by Gasteiger charge is -2.21. The lowest BCUT2D eigenvalue weighted by molar-refractivity contribution is -0.124. The molecule has 0 spiro atoms. The van der Waals surface area contributed by atoms with E-state index >= 15 is 0 Å². The normalized spacial score (nSPS) is 19.3. The predicted octanol–water partition coefficient (Wildman–Crippen LogP) is 0.646. The summed E-state index contributed by atoms with van der Waals surface area (Å²) in [7, 11) is 0. The summed E-state index contributed by atoms with van der Waals surface area (Å²) >= 11 is 0. The Morgan fingerprint density at radius 2 is 2.28 bits per heavy atom. The number of carbonyl (C=O) groups excluding carboxylic acids is 2. The first-order valence-electron chi connectivity index (χ1n) is 6.15. The van der Waals surface area contributed by atoms with E-state index in [1.807, 2.05) is 6.92 Å². The number of hydrogen-bond acceptors (Lipinski definition) is 4. The van der Waals surface area contributed by atoms with Gasteiger partial charge in [-0.15, -0.1) is 0 Å². The molecule has 2 rings (SSSR count). The summed E-state index contributed by atoms with van der Waals surface area (Å²) in [6, 6.07) is 3.42. The lowest BCUT2D eigenvalue weighted by Crippen LogP contribution is -2.42. The zero-order valence-corrected chi connectivity index (χ0v) is 10.4. The van der Waals surface area contributed by atoms with Crippen molar-refractivity contribution in [2.45, 2.75) is 19.8 Å². The van der Waals surface area contributed by atoms with Crippen molar-refractivity contribution in [2.75, 3.05) is 13.1 Å². The number of hydrogen-bond donors (Lipinski definition) is 2. The summed E-state index contributed by atoms with van der Waals surface area (Å²) < 4.78 is 0. The van der Waals surface area contributed by atoms with Crippen molar-refractivity contribution < 1.29 is 9.59 Å². The summed E-state index contributed by atoms with van der Waals surface area (Å²) in [5.41, 5.74) is 1.26. The molecule has 1 saturated heterocycles. The number of pyridine rings is 1. The molecule has 0 aliphatic carbocycles. The second kappa shape index (κ2) is 5.73. The van der Waals surface area contributed by atoms with Crippen LogP contribution >= 0.6 is 0 Å². The van der Waals surface area contributed by atoms with Gasteiger partial charge in [-0.1, -0.05) is 0 Å². The summed E-state index contributed by atoms with van der Waals surface area (Å²) in [5.74, 6) is -0.688. The summed E-state index contributed by atoms with van der Waals surface area (Å²) in [4.78, 5) is 27.7. The van der Waals surface area contributed by atoms with Gasteiger partial charge in [0.25, 0.3) is 5.91 Å². The molecular weight excluding hydrogens is 230 g/mol. The van der Waals surface area contributed by atoms with E-state index < -0.39 is 0 Å². The highest BCUT2D eigenvalue weighted by Crippen LogP contribution is 2.10. The van der Waals surface area contributed by atoms with Crippen molar-refractivity contribution in [3.8, 4) is 0 Å². The van der Waals surface area contributed by atoms with E-state index in [4.69, 9.17) is 0 Å². The fourth-order valence-electron chi connectivity index (χ4n) is 1.96. The van der Waals surface area contributed by atoms with Crippen molar-refractivity contribution in [3.63, 3.8) is 0 Å². The van der Waals surface area contributed by atoms with Crippen LogP contribution in [-0.2, 0) is 4.79 Å². The summed E-state index contributed by atoms with van der Waals surface area (Å²) in [5, 5.41) is 5.58. The van der Waals surface area contributed by atoms with Gasteiger partial charge in [0, 0.05) is 18.4 Å². The van der Waals surface area contributed by atoms with E-state index in [9.17, 15) is 9.59 Å². The molecule has 5 nitrogen and oxygen atoms in total. The topological polar surface area (TPSA) is 71.1 Å². The molecule has 18 heavy (non-hydrogen) atoms. The van der Waals surface area contributed by atoms with Gasteiger partial charge >= 0.3 is 0 Å². The van der Waals surface area contributed by atoms with Gasteiger partial charge < -0.3 is 5.32 Å². The predicted molar refractivity (Wildman–Crippen MR) is 67.0 cm³/mol. The van der Waals surface area contributed by atoms with Gasteiger partial charge in [0.15, 0.2) is 0 Å². The second-order valence-electron chi connectivity index (χ2n) is 4.55. The number of piperidine rings is 1. The van der Waals surface area contributed by atoms with Crippen LogP contribution in [0.3, 0.4) is 0 Å². The van der Waals surface area contributed by atoms with E-state index in [0.717, 1.165) is 25.1 Å². The van der Waals surface area contributed by atoms with Crippen LogP contribution in [0.25, 0.3) is 0 Å². The van der Waals surface area contributed by atoms with Crippen LogP contribution in [0.1, 0.15) is 28.9 Å². The fourth-order valence-corrected chi connectivity index (χ4v) is 1.96. The van der Waals surface area contributed by atoms with E-state index in [1.165, 1.54) is 6.20 Å². The van der Waals surface area contributed by atoms with Gasteiger partial charge in [0.2, 0.25) is 5.91 Å². The highest BCUT2D eigenvalue weighted by atomic mass is 16.2. The van der Waals surface area contributed by atoms with Crippen LogP contribution in [0.5, 0.6) is 0 Å². The minimum absolute atomic E-state index is 0.110. The van der Waals surface area contributed by atoms with E-state index in [0.29, 0.717) is 12.1 Å². The Morgan fingerprint density at radius 3 is 2.89 bits per heavy atom. The zero-order chi connectivity index (χ0) is 13.0. The first kappa shape index (κ1) is 12.7. The van der Waals surface area contributed by atoms with E-state index in [-0.39, 0.29) is 17.7 Å². The maximum absolute atomic E-state index is 11.9. The van der Waals surface area contributed by atoms with Crippen LogP contribution < -0.4 is 10.6 Å². The van der Waals surface area contributed by atoms with Gasteiger partial charge in [-0.25, -0.2) is 0 Å². The average Bonchev–Trinajstić information content (AvgIpc) is 2.40. The van der Waals surface area contributed by atoms with Gasteiger partial charge in [-0.2, -0.15) is 0 Å². The Kier molecular flexibility index (Phi) is 4.04. The van der Waals surface area contributed by atoms with Crippen molar-refractivity contribution in [1.29, 1.82) is 0 Å². The molecule has 1 aromatic heterocycles. The third-order valence-corrected chi connectivity index (χ3v) is 3.08. The monoisotopic (exact) mass is 247 g/mol. The molecule has 0 radical (unpaired) electrons. The minimum Gasteiger partial charge on any atom is -0.316 e. The molecule has 96 valence electrons. The minimum atomic E-state index is -0.377. The van der Waals surface area contributed by atoms with Crippen LogP contribution in [0.15, 0.2) is 18.3 Å². The molecule has 2 N–H and O–H groups in total. The highest BCUT2D eigenvalue weighted by Gasteiger charge is 2.22. The maximum atomic E-state index is 11.9. The summed E-state index contributed by atoms with van der Waals surface area (Å²) in [6.07, 6.45) is 3.29. The molecule has 5 heteroatoms. The molecule has 0 bridgehead atoms. The zero-order valence-electron chi connectivity index (χ0n) is 10.4. The van der Waals surface area contributed by atoms with Crippen LogP contribution in [0.4, 0.5) is 0 Å². The van der Waals surface area contributed by atoms with E-state index in [1.54, 1.807) is 12.1 Å². The number of aromatic nitrogens is 1. The number of aryl methyl sites for hydroxylation is 1. The number of nitrogens with zero attached hydrogens (tertiary/aromatic N) is 1. The Morgan fingerprint density at radius 1 is 1.44 bits per heavy atom. The molecular formula is C13H17N3O2. The summed E-state index contributed by atoms with van der Waals surface area (Å²) in [6.45, 7) is 3.44. The standard InChI is InChI=1S/C13H17N3O2/c1-9-4-5-11(8-15-9)13(18)16-12(17)10-3-2-6-14-7-10/h4-5,8,10,14H,2-3,6-7H2,1H3,(H,16,17,18)/t10-/m1/s1. The van der Waals surface area contributed by atoms with Crippen LogP contribution in [-0.4, -0.2) is 29.9 Å². The maximum Gasteiger partial charge on any atom is 0.259 e. The molecule has 1 aromatic rings. The van der Waals surface area contributed by atoms with Crippen LogP contribution in [0.2, 0.25) is 0 Å². The molecule has 0 saturated carbocycles. The van der Waals surface area contributed by atoms with Gasteiger partial charge in [0.05, 0.1) is 11.5 Å². The molecule has 1 atom stereocenters. The number of rotatable bonds is 2. The Hall–Kier alpha value is -1.75. The second-order valence-corrected chi connectivity index (χ2v) is 4.55. The number of amides is 2. The molecule has 2 amide bonds. The fraction of sp³-hybridized carbons (Fsp3) is 0.462. The molecule has 0 unspecified atom stereocenters. The average molecular weight is 247 g/mol. The third-order valence-electron chi connectivity index (χ3n) is 3.08. The lowest BCUT2D eigenvalue weighted by atomic mass is 9.99. The molecule has 1 aliphatic rings. The Balaban J connectivity index is 1.94. The molecule has 2 heterocycles. The van der Waals surface area contributed by atoms with Crippen LogP contribution in [0, 0.1) is 12.8 Å². The van der Waals surface area contributed by atoms with Gasteiger partial charge in [-0.05, 0) is 38.4 Å². The van der Waals surface area contributed by atoms with Gasteiger partial charge in [-0.3, -0.25) is 19.9 Å². The first-order chi connectivity index (χ1) is 8.66. The third kappa shape index (κ3) is 3.13. The van der Waals surface area contributed by atoms with Crippen molar-refractivity contribution in [1.82, 2.24) is 15.6 Å². The van der Waals surface area contributed by atoms with Crippen molar-refractivity contribution in [2.24, 2.45) is 5.92 Å². The molecule has 1 aliphatic heterocycles. The Labute approximate surface area is 106 Å². The quantitative estimate of drug-likeness (QED) is 0.753. The van der Waals surface area contributed by atoms with Crippen molar-refractivity contribution in [3.05, 3.63) is 29.6 Å². The SMILES string of the molecule is Cc1ccc(C(=O)NC(=O)[C@@H]2CCCNC2)cn1. The highest BCUT2D eigenvalue weighted by molar-refractivity contribution is 6.05. The number of nitrogens with one attached hydrogen (secondary N) is 2.